The van der Waals surface area contributed by atoms with Gasteiger partial charge in [0, 0.05) is 13.6 Å². The van der Waals surface area contributed by atoms with Gasteiger partial charge in [0.15, 0.2) is 5.82 Å². The summed E-state index contributed by atoms with van der Waals surface area (Å²) in [5.41, 5.74) is 0. The van der Waals surface area contributed by atoms with E-state index in [4.69, 9.17) is 0 Å². The normalized spacial score (nSPS) is 13.2. The van der Waals surface area contributed by atoms with Crippen molar-refractivity contribution in [1.29, 1.82) is 0 Å². The Kier molecular flexibility index (Phi) is 3.85. The fourth-order valence-electron chi connectivity index (χ4n) is 0.960. The van der Waals surface area contributed by atoms with Crippen molar-refractivity contribution < 1.29 is 5.11 Å². The summed E-state index contributed by atoms with van der Waals surface area (Å²) in [6, 6.07) is 0. The highest BCUT2D eigenvalue weighted by Gasteiger charge is 2.01. The van der Waals surface area contributed by atoms with E-state index in [9.17, 15) is 5.11 Å². The number of nitrogens with one attached hydrogen (secondary N) is 1. The molecular formula is C8H16N4O. The quantitative estimate of drug-likeness (QED) is 0.658. The van der Waals surface area contributed by atoms with Gasteiger partial charge < -0.3 is 10.4 Å². The molecule has 2 N–H and O–H groups in total. The second kappa shape index (κ2) is 4.94. The van der Waals surface area contributed by atoms with E-state index >= 15 is 0 Å². The molecule has 1 atom stereocenters. The first kappa shape index (κ1) is 10.1. The van der Waals surface area contributed by atoms with Gasteiger partial charge in [0.2, 0.25) is 0 Å². The summed E-state index contributed by atoms with van der Waals surface area (Å²) in [5, 5.41) is 16.4. The molecule has 0 saturated carbocycles. The van der Waals surface area contributed by atoms with Crippen LogP contribution in [0.1, 0.15) is 19.2 Å². The molecular weight excluding hydrogens is 168 g/mol. The highest BCUT2D eigenvalue weighted by atomic mass is 16.3. The number of aliphatic hydroxyl groups is 1. The van der Waals surface area contributed by atoms with Crippen LogP contribution in [-0.4, -0.2) is 32.5 Å². The van der Waals surface area contributed by atoms with Crippen LogP contribution in [0, 0.1) is 0 Å². The molecule has 0 saturated heterocycles. The van der Waals surface area contributed by atoms with Crippen LogP contribution < -0.4 is 5.32 Å². The SMILES string of the molecule is CCC(O)CNCc1ncn(C)n1. The Morgan fingerprint density at radius 2 is 2.46 bits per heavy atom. The fourth-order valence-corrected chi connectivity index (χ4v) is 0.960. The summed E-state index contributed by atoms with van der Waals surface area (Å²) >= 11 is 0. The molecule has 1 rings (SSSR count). The lowest BCUT2D eigenvalue weighted by Gasteiger charge is -2.06. The molecule has 0 aliphatic heterocycles. The van der Waals surface area contributed by atoms with Crippen LogP contribution in [0.15, 0.2) is 6.33 Å². The predicted molar refractivity (Wildman–Crippen MR) is 49.0 cm³/mol. The minimum absolute atomic E-state index is 0.274. The van der Waals surface area contributed by atoms with Crippen LogP contribution >= 0.6 is 0 Å². The zero-order chi connectivity index (χ0) is 9.68. The Balaban J connectivity index is 2.20. The van der Waals surface area contributed by atoms with Crippen LogP contribution in [0.25, 0.3) is 0 Å². The maximum absolute atomic E-state index is 9.23. The largest absolute Gasteiger partial charge is 0.392 e. The van der Waals surface area contributed by atoms with E-state index in [1.54, 1.807) is 11.0 Å². The monoisotopic (exact) mass is 184 g/mol. The van der Waals surface area contributed by atoms with E-state index in [0.717, 1.165) is 12.2 Å². The van der Waals surface area contributed by atoms with Crippen molar-refractivity contribution in [2.24, 2.45) is 7.05 Å². The molecule has 74 valence electrons. The lowest BCUT2D eigenvalue weighted by Crippen LogP contribution is -2.26. The Bertz CT molecular complexity index is 248. The number of hydrogen-bond donors (Lipinski definition) is 2. The fraction of sp³-hybridized carbons (Fsp3) is 0.750. The number of hydrogen-bond acceptors (Lipinski definition) is 4. The standard InChI is InChI=1S/C8H16N4O/c1-3-7(13)4-9-5-8-10-6-12(2)11-8/h6-7,9,13H,3-5H2,1-2H3. The van der Waals surface area contributed by atoms with E-state index in [1.807, 2.05) is 14.0 Å². The van der Waals surface area contributed by atoms with Gasteiger partial charge in [-0.3, -0.25) is 4.68 Å². The number of nitrogens with zero attached hydrogens (tertiary/aromatic N) is 3. The summed E-state index contributed by atoms with van der Waals surface area (Å²) in [6.45, 7) is 3.15. The lowest BCUT2D eigenvalue weighted by atomic mass is 10.3. The van der Waals surface area contributed by atoms with E-state index in [2.05, 4.69) is 15.4 Å². The molecule has 1 heterocycles. The predicted octanol–water partition coefficient (Wildman–Crippen LogP) is -0.324. The average molecular weight is 184 g/mol. The molecule has 0 aromatic carbocycles. The molecule has 1 aromatic heterocycles. The molecule has 0 aliphatic rings. The Morgan fingerprint density at radius 3 is 3.00 bits per heavy atom. The second-order valence-electron chi connectivity index (χ2n) is 3.03. The number of rotatable bonds is 5. The van der Waals surface area contributed by atoms with Crippen molar-refractivity contribution in [2.45, 2.75) is 26.0 Å². The molecule has 0 bridgehead atoms. The third-order valence-electron chi connectivity index (χ3n) is 1.78. The third-order valence-corrected chi connectivity index (χ3v) is 1.78. The van der Waals surface area contributed by atoms with Crippen molar-refractivity contribution in [1.82, 2.24) is 20.1 Å². The third kappa shape index (κ3) is 3.52. The van der Waals surface area contributed by atoms with Gasteiger partial charge in [-0.15, -0.1) is 0 Å². The minimum atomic E-state index is -0.274. The van der Waals surface area contributed by atoms with Crippen molar-refractivity contribution >= 4 is 0 Å². The molecule has 0 amide bonds. The summed E-state index contributed by atoms with van der Waals surface area (Å²) in [6.07, 6.45) is 2.15. The summed E-state index contributed by atoms with van der Waals surface area (Å²) < 4.78 is 1.66. The molecule has 1 aromatic rings. The number of aryl methyl sites for hydroxylation is 1. The molecule has 0 spiro atoms. The number of aromatic nitrogens is 3. The average Bonchev–Trinajstić information content (AvgIpc) is 2.51. The van der Waals surface area contributed by atoms with Crippen LogP contribution in [0.3, 0.4) is 0 Å². The first-order valence-corrected chi connectivity index (χ1v) is 4.45. The van der Waals surface area contributed by atoms with Crippen LogP contribution in [-0.2, 0) is 13.6 Å². The van der Waals surface area contributed by atoms with Gasteiger partial charge in [0.05, 0.1) is 12.6 Å². The van der Waals surface area contributed by atoms with Crippen molar-refractivity contribution in [3.05, 3.63) is 12.2 Å². The first-order chi connectivity index (χ1) is 6.22. The molecule has 0 radical (unpaired) electrons. The smallest absolute Gasteiger partial charge is 0.164 e. The lowest BCUT2D eigenvalue weighted by molar-refractivity contribution is 0.167. The van der Waals surface area contributed by atoms with Crippen molar-refractivity contribution in [3.8, 4) is 0 Å². The van der Waals surface area contributed by atoms with Gasteiger partial charge in [-0.25, -0.2) is 4.98 Å². The van der Waals surface area contributed by atoms with Crippen molar-refractivity contribution in [3.63, 3.8) is 0 Å². The van der Waals surface area contributed by atoms with Crippen LogP contribution in [0.2, 0.25) is 0 Å². The second-order valence-corrected chi connectivity index (χ2v) is 3.03. The highest BCUT2D eigenvalue weighted by molar-refractivity contribution is 4.80. The van der Waals surface area contributed by atoms with Crippen LogP contribution in [0.5, 0.6) is 0 Å². The summed E-state index contributed by atoms with van der Waals surface area (Å²) in [7, 11) is 1.83. The molecule has 5 nitrogen and oxygen atoms in total. The van der Waals surface area contributed by atoms with Crippen molar-refractivity contribution in [2.75, 3.05) is 6.54 Å². The molecule has 5 heteroatoms. The Labute approximate surface area is 77.8 Å². The maximum Gasteiger partial charge on any atom is 0.164 e. The highest BCUT2D eigenvalue weighted by Crippen LogP contribution is 1.89. The van der Waals surface area contributed by atoms with E-state index < -0.39 is 0 Å². The van der Waals surface area contributed by atoms with Gasteiger partial charge in [-0.2, -0.15) is 5.10 Å². The molecule has 13 heavy (non-hydrogen) atoms. The van der Waals surface area contributed by atoms with E-state index in [-0.39, 0.29) is 6.10 Å². The summed E-state index contributed by atoms with van der Waals surface area (Å²) in [5.74, 6) is 0.755. The van der Waals surface area contributed by atoms with E-state index in [1.165, 1.54) is 0 Å². The maximum atomic E-state index is 9.23. The van der Waals surface area contributed by atoms with Gasteiger partial charge >= 0.3 is 0 Å². The minimum Gasteiger partial charge on any atom is -0.392 e. The van der Waals surface area contributed by atoms with Gasteiger partial charge in [0.25, 0.3) is 0 Å². The summed E-state index contributed by atoms with van der Waals surface area (Å²) in [4.78, 5) is 4.05. The molecule has 0 aliphatic carbocycles. The molecule has 1 unspecified atom stereocenters. The van der Waals surface area contributed by atoms with E-state index in [0.29, 0.717) is 13.1 Å². The van der Waals surface area contributed by atoms with Gasteiger partial charge in [-0.1, -0.05) is 6.92 Å². The first-order valence-electron chi connectivity index (χ1n) is 4.45. The number of aliphatic hydroxyl groups excluding tert-OH is 1. The Morgan fingerprint density at radius 1 is 1.69 bits per heavy atom. The van der Waals surface area contributed by atoms with Crippen LogP contribution in [0.4, 0.5) is 0 Å². The zero-order valence-corrected chi connectivity index (χ0v) is 8.06. The van der Waals surface area contributed by atoms with Gasteiger partial charge in [-0.05, 0) is 6.42 Å². The zero-order valence-electron chi connectivity index (χ0n) is 8.06. The Hall–Kier alpha value is -0.940. The topological polar surface area (TPSA) is 63.0 Å². The molecule has 0 fully saturated rings. The van der Waals surface area contributed by atoms with Gasteiger partial charge in [0.1, 0.15) is 6.33 Å².